The van der Waals surface area contributed by atoms with Crippen LogP contribution in [0.5, 0.6) is 0 Å². The number of esters is 2. The highest BCUT2D eigenvalue weighted by atomic mass is 32.1. The number of thiophene rings is 1. The Morgan fingerprint density at radius 2 is 1.96 bits per heavy atom. The molecule has 0 radical (unpaired) electrons. The minimum Gasteiger partial charge on any atom is -0.460 e. The van der Waals surface area contributed by atoms with Crippen molar-refractivity contribution < 1.29 is 23.9 Å². The molecule has 2 rings (SSSR count). The van der Waals surface area contributed by atoms with Crippen LogP contribution in [0.4, 0.5) is 0 Å². The standard InChI is InChI=1S/C20H28O5S/c1-13(2)15-7-6-14(3)11-17(15)25-20(23)12-24-19(22)9-8-16(21)18-5-4-10-26-18/h4-5,10,13-15,17H,6-9,11-12H2,1-3H3/t14-,15+,17+/m0/s1. The van der Waals surface area contributed by atoms with Crippen molar-refractivity contribution in [2.24, 2.45) is 17.8 Å². The maximum Gasteiger partial charge on any atom is 0.344 e. The summed E-state index contributed by atoms with van der Waals surface area (Å²) in [6.07, 6.45) is 3.03. The molecule has 26 heavy (non-hydrogen) atoms. The number of ketones is 1. The Morgan fingerprint density at radius 3 is 2.62 bits per heavy atom. The van der Waals surface area contributed by atoms with Crippen molar-refractivity contribution in [1.82, 2.24) is 0 Å². The molecule has 0 aromatic carbocycles. The zero-order chi connectivity index (χ0) is 19.1. The molecule has 1 saturated carbocycles. The van der Waals surface area contributed by atoms with Crippen molar-refractivity contribution in [3.63, 3.8) is 0 Å². The number of carbonyl (C=O) groups is 3. The van der Waals surface area contributed by atoms with Crippen LogP contribution in [0.2, 0.25) is 0 Å². The molecule has 3 atom stereocenters. The Hall–Kier alpha value is -1.69. The Morgan fingerprint density at radius 1 is 1.19 bits per heavy atom. The van der Waals surface area contributed by atoms with E-state index in [0.717, 1.165) is 19.3 Å². The molecule has 144 valence electrons. The van der Waals surface area contributed by atoms with E-state index in [2.05, 4.69) is 20.8 Å². The highest BCUT2D eigenvalue weighted by molar-refractivity contribution is 7.12. The maximum absolute atomic E-state index is 12.1. The lowest BCUT2D eigenvalue weighted by Crippen LogP contribution is -2.36. The van der Waals surface area contributed by atoms with Gasteiger partial charge < -0.3 is 9.47 Å². The molecule has 0 N–H and O–H groups in total. The summed E-state index contributed by atoms with van der Waals surface area (Å²) in [6, 6.07) is 3.52. The highest BCUT2D eigenvalue weighted by Crippen LogP contribution is 2.35. The van der Waals surface area contributed by atoms with Gasteiger partial charge in [0, 0.05) is 6.42 Å². The summed E-state index contributed by atoms with van der Waals surface area (Å²) in [4.78, 5) is 36.3. The SMILES string of the molecule is CC(C)[C@H]1CC[C@H](C)C[C@H]1OC(=O)COC(=O)CCC(=O)c1cccs1. The lowest BCUT2D eigenvalue weighted by molar-refractivity contribution is -0.167. The second-order valence-corrected chi connectivity index (χ2v) is 8.36. The number of Topliss-reactive ketones (excluding diaryl/α,β-unsaturated/α-hetero) is 1. The summed E-state index contributed by atoms with van der Waals surface area (Å²) in [5, 5.41) is 1.82. The van der Waals surface area contributed by atoms with Gasteiger partial charge in [-0.3, -0.25) is 9.59 Å². The van der Waals surface area contributed by atoms with Crippen LogP contribution in [0, 0.1) is 17.8 Å². The topological polar surface area (TPSA) is 69.7 Å². The summed E-state index contributed by atoms with van der Waals surface area (Å²) >= 11 is 1.35. The van der Waals surface area contributed by atoms with Gasteiger partial charge in [0.05, 0.1) is 11.3 Å². The third-order valence-electron chi connectivity index (χ3n) is 4.95. The summed E-state index contributed by atoms with van der Waals surface area (Å²) in [5.74, 6) is 0.196. The number of rotatable bonds is 8. The lowest BCUT2D eigenvalue weighted by atomic mass is 9.75. The summed E-state index contributed by atoms with van der Waals surface area (Å²) in [5.41, 5.74) is 0. The van der Waals surface area contributed by atoms with Crippen molar-refractivity contribution >= 4 is 29.1 Å². The average molecular weight is 381 g/mol. The van der Waals surface area contributed by atoms with E-state index in [1.54, 1.807) is 12.1 Å². The van der Waals surface area contributed by atoms with Gasteiger partial charge in [-0.2, -0.15) is 0 Å². The fourth-order valence-electron chi connectivity index (χ4n) is 3.44. The van der Waals surface area contributed by atoms with Crippen LogP contribution >= 0.6 is 11.3 Å². The Kier molecular flexibility index (Phi) is 7.82. The number of ether oxygens (including phenoxy) is 2. The normalized spacial score (nSPS) is 22.8. The van der Waals surface area contributed by atoms with Crippen molar-refractivity contribution in [2.45, 2.75) is 59.0 Å². The molecule has 1 heterocycles. The minimum absolute atomic E-state index is 0.0287. The molecular formula is C20H28O5S. The van der Waals surface area contributed by atoms with Crippen molar-refractivity contribution in [3.05, 3.63) is 22.4 Å². The summed E-state index contributed by atoms with van der Waals surface area (Å²) in [7, 11) is 0. The Labute approximate surface area is 159 Å². The third-order valence-corrected chi connectivity index (χ3v) is 5.86. The predicted octanol–water partition coefficient (Wildman–Crippen LogP) is 4.26. The van der Waals surface area contributed by atoms with Gasteiger partial charge >= 0.3 is 11.9 Å². The first-order chi connectivity index (χ1) is 12.4. The molecule has 1 fully saturated rings. The molecule has 1 aliphatic carbocycles. The second kappa shape index (κ2) is 9.86. The quantitative estimate of drug-likeness (QED) is 0.498. The molecule has 0 unspecified atom stereocenters. The fourth-order valence-corrected chi connectivity index (χ4v) is 4.14. The average Bonchev–Trinajstić information content (AvgIpc) is 3.12. The van der Waals surface area contributed by atoms with Gasteiger partial charge in [-0.25, -0.2) is 4.79 Å². The molecule has 1 aromatic rings. The predicted molar refractivity (Wildman–Crippen MR) is 100 cm³/mol. The van der Waals surface area contributed by atoms with E-state index in [0.29, 0.717) is 22.6 Å². The van der Waals surface area contributed by atoms with Crippen molar-refractivity contribution in [1.29, 1.82) is 0 Å². The number of carbonyl (C=O) groups excluding carboxylic acids is 3. The monoisotopic (exact) mass is 380 g/mol. The van der Waals surface area contributed by atoms with Gasteiger partial charge in [0.15, 0.2) is 12.4 Å². The summed E-state index contributed by atoms with van der Waals surface area (Å²) in [6.45, 7) is 6.07. The fraction of sp³-hybridized carbons (Fsp3) is 0.650. The van der Waals surface area contributed by atoms with E-state index >= 15 is 0 Å². The first-order valence-corrected chi connectivity index (χ1v) is 10.2. The number of hydrogen-bond donors (Lipinski definition) is 0. The minimum atomic E-state index is -0.552. The van der Waals surface area contributed by atoms with Gasteiger partial charge in [-0.15, -0.1) is 11.3 Å². The molecule has 0 spiro atoms. The summed E-state index contributed by atoms with van der Waals surface area (Å²) < 4.78 is 10.6. The largest absolute Gasteiger partial charge is 0.460 e. The van der Waals surface area contributed by atoms with E-state index in [9.17, 15) is 14.4 Å². The van der Waals surface area contributed by atoms with Gasteiger partial charge in [-0.1, -0.05) is 33.3 Å². The number of hydrogen-bond acceptors (Lipinski definition) is 6. The first-order valence-electron chi connectivity index (χ1n) is 9.28. The molecule has 0 amide bonds. The lowest BCUT2D eigenvalue weighted by Gasteiger charge is -2.36. The molecule has 0 aliphatic heterocycles. The zero-order valence-electron chi connectivity index (χ0n) is 15.7. The van der Waals surface area contributed by atoms with Crippen LogP contribution in [0.15, 0.2) is 17.5 Å². The molecule has 0 bridgehead atoms. The smallest absolute Gasteiger partial charge is 0.344 e. The highest BCUT2D eigenvalue weighted by Gasteiger charge is 2.33. The van der Waals surface area contributed by atoms with Gasteiger partial charge in [-0.05, 0) is 42.0 Å². The van der Waals surface area contributed by atoms with E-state index < -0.39 is 11.9 Å². The Bertz CT molecular complexity index is 608. The molecule has 6 heteroatoms. The van der Waals surface area contributed by atoms with Crippen LogP contribution in [-0.2, 0) is 19.1 Å². The second-order valence-electron chi connectivity index (χ2n) is 7.42. The maximum atomic E-state index is 12.1. The molecular weight excluding hydrogens is 352 g/mol. The van der Waals surface area contributed by atoms with Crippen molar-refractivity contribution in [3.8, 4) is 0 Å². The zero-order valence-corrected chi connectivity index (χ0v) is 16.6. The molecule has 5 nitrogen and oxygen atoms in total. The molecule has 1 aromatic heterocycles. The molecule has 0 saturated heterocycles. The van der Waals surface area contributed by atoms with Crippen LogP contribution in [0.25, 0.3) is 0 Å². The van der Waals surface area contributed by atoms with E-state index in [-0.39, 0.29) is 31.3 Å². The van der Waals surface area contributed by atoms with E-state index in [1.165, 1.54) is 11.3 Å². The first kappa shape index (κ1) is 20.6. The van der Waals surface area contributed by atoms with E-state index in [4.69, 9.17) is 9.47 Å². The van der Waals surface area contributed by atoms with Gasteiger partial charge in [0.1, 0.15) is 6.10 Å². The van der Waals surface area contributed by atoms with Crippen LogP contribution < -0.4 is 0 Å². The van der Waals surface area contributed by atoms with Gasteiger partial charge in [0.25, 0.3) is 0 Å². The van der Waals surface area contributed by atoms with E-state index in [1.807, 2.05) is 5.38 Å². The Balaban J connectivity index is 1.71. The van der Waals surface area contributed by atoms with Crippen LogP contribution in [0.1, 0.15) is 62.5 Å². The van der Waals surface area contributed by atoms with Crippen LogP contribution in [-0.4, -0.2) is 30.4 Å². The van der Waals surface area contributed by atoms with Crippen LogP contribution in [0.3, 0.4) is 0 Å². The van der Waals surface area contributed by atoms with Crippen molar-refractivity contribution in [2.75, 3.05) is 6.61 Å². The third kappa shape index (κ3) is 6.24. The molecule has 1 aliphatic rings. The van der Waals surface area contributed by atoms with Gasteiger partial charge in [0.2, 0.25) is 0 Å².